The van der Waals surface area contributed by atoms with Crippen LogP contribution in [0.5, 0.6) is 0 Å². The fourth-order valence-electron chi connectivity index (χ4n) is 3.08. The molecule has 0 aromatic carbocycles. The van der Waals surface area contributed by atoms with Crippen molar-refractivity contribution in [3.05, 3.63) is 21.9 Å². The number of hydrogen-bond acceptors (Lipinski definition) is 2. The van der Waals surface area contributed by atoms with Gasteiger partial charge in [0.1, 0.15) is 0 Å². The second-order valence-corrected chi connectivity index (χ2v) is 5.65. The highest BCUT2D eigenvalue weighted by Crippen LogP contribution is 2.41. The number of nitrogens with zero attached hydrogens (tertiary/aromatic N) is 1. The van der Waals surface area contributed by atoms with E-state index in [1.165, 1.54) is 32.5 Å². The molecule has 2 heteroatoms. The lowest BCUT2D eigenvalue weighted by Gasteiger charge is -2.40. The summed E-state index contributed by atoms with van der Waals surface area (Å²) in [5.74, 6) is 1.79. The minimum absolute atomic E-state index is 0.851. The molecule has 1 nitrogen and oxygen atoms in total. The lowest BCUT2D eigenvalue weighted by Crippen LogP contribution is -2.42. The number of likely N-dealkylation sites (tertiary alicyclic amines) is 1. The van der Waals surface area contributed by atoms with Gasteiger partial charge in [-0.2, -0.15) is 0 Å². The van der Waals surface area contributed by atoms with E-state index in [2.05, 4.69) is 23.3 Å². The first-order valence-electron chi connectivity index (χ1n) is 5.65. The highest BCUT2D eigenvalue weighted by molar-refractivity contribution is 7.10. The minimum Gasteiger partial charge on any atom is -0.303 e. The van der Waals surface area contributed by atoms with Crippen molar-refractivity contribution in [2.24, 2.45) is 5.92 Å². The second-order valence-electron chi connectivity index (χ2n) is 4.65. The van der Waals surface area contributed by atoms with Gasteiger partial charge >= 0.3 is 0 Å². The Balaban J connectivity index is 1.92. The van der Waals surface area contributed by atoms with Gasteiger partial charge in [-0.05, 0) is 48.2 Å². The summed E-state index contributed by atoms with van der Waals surface area (Å²) in [7, 11) is 0. The topological polar surface area (TPSA) is 3.24 Å². The number of piperidine rings is 1. The first kappa shape index (κ1) is 8.93. The maximum absolute atomic E-state index is 2.62. The van der Waals surface area contributed by atoms with Crippen LogP contribution in [0.1, 0.15) is 29.7 Å². The number of fused-ring (bicyclic) bond motifs is 4. The molecule has 0 N–H and O–H groups in total. The second kappa shape index (κ2) is 3.35. The summed E-state index contributed by atoms with van der Waals surface area (Å²) in [6.45, 7) is 6.16. The molecule has 0 saturated carbocycles. The minimum atomic E-state index is 0.851. The van der Waals surface area contributed by atoms with Crippen LogP contribution in [0, 0.1) is 5.92 Å². The zero-order valence-electron chi connectivity index (χ0n) is 8.70. The summed E-state index contributed by atoms with van der Waals surface area (Å²) in [6, 6.07) is 2.36. The smallest absolute Gasteiger partial charge is 0.00837 e. The third-order valence-electron chi connectivity index (χ3n) is 3.75. The van der Waals surface area contributed by atoms with E-state index in [-0.39, 0.29) is 0 Å². The van der Waals surface area contributed by atoms with E-state index in [9.17, 15) is 0 Å². The van der Waals surface area contributed by atoms with Gasteiger partial charge in [-0.15, -0.1) is 11.3 Å². The highest BCUT2D eigenvalue weighted by atomic mass is 32.1. The summed E-state index contributed by atoms with van der Waals surface area (Å²) < 4.78 is 0. The molecule has 2 heterocycles. The van der Waals surface area contributed by atoms with Crippen molar-refractivity contribution in [2.75, 3.05) is 19.6 Å². The summed E-state index contributed by atoms with van der Waals surface area (Å²) in [5, 5.41) is 2.28. The van der Waals surface area contributed by atoms with Gasteiger partial charge in [0.2, 0.25) is 0 Å². The molecule has 3 rings (SSSR count). The van der Waals surface area contributed by atoms with Crippen LogP contribution in [0.15, 0.2) is 11.4 Å². The predicted octanol–water partition coefficient (Wildman–Crippen LogP) is 2.73. The maximum atomic E-state index is 2.62. The third-order valence-corrected chi connectivity index (χ3v) is 4.71. The summed E-state index contributed by atoms with van der Waals surface area (Å²) in [6.07, 6.45) is 2.79. The Bertz CT molecular complexity index is 331. The van der Waals surface area contributed by atoms with E-state index in [0.29, 0.717) is 0 Å². The van der Waals surface area contributed by atoms with Crippen LogP contribution in [0.3, 0.4) is 0 Å². The van der Waals surface area contributed by atoms with Gasteiger partial charge in [-0.25, -0.2) is 0 Å². The molecule has 1 saturated heterocycles. The van der Waals surface area contributed by atoms with Crippen molar-refractivity contribution in [1.29, 1.82) is 0 Å². The van der Waals surface area contributed by atoms with Crippen LogP contribution in [0.4, 0.5) is 0 Å². The number of rotatable bonds is 1. The standard InChI is InChI=1S/C12H17NS/c1-2-13-7-9-5-10(8-13)11-3-4-14-12(11)6-9/h3-4,9-10H,2,5-8H2,1H3. The summed E-state index contributed by atoms with van der Waals surface area (Å²) in [5.41, 5.74) is 1.67. The SMILES string of the molecule is CCN1CC2Cc3sccc3C(C2)C1. The van der Waals surface area contributed by atoms with E-state index in [1.807, 2.05) is 11.3 Å². The van der Waals surface area contributed by atoms with Crippen LogP contribution < -0.4 is 0 Å². The molecule has 1 aromatic rings. The Morgan fingerprint density at radius 1 is 1.50 bits per heavy atom. The predicted molar refractivity (Wildman–Crippen MR) is 61.0 cm³/mol. The van der Waals surface area contributed by atoms with Crippen LogP contribution in [0.25, 0.3) is 0 Å². The Morgan fingerprint density at radius 3 is 3.29 bits per heavy atom. The summed E-state index contributed by atoms with van der Waals surface area (Å²) in [4.78, 5) is 4.31. The Kier molecular flexibility index (Phi) is 2.14. The maximum Gasteiger partial charge on any atom is 0.00837 e. The van der Waals surface area contributed by atoms with Crippen molar-refractivity contribution in [3.8, 4) is 0 Å². The molecule has 0 spiro atoms. The molecule has 0 amide bonds. The number of likely N-dealkylation sites (N-methyl/N-ethyl adjacent to an activating group) is 1. The van der Waals surface area contributed by atoms with Gasteiger partial charge in [0.15, 0.2) is 0 Å². The molecule has 1 fully saturated rings. The van der Waals surface area contributed by atoms with Gasteiger partial charge in [-0.1, -0.05) is 6.92 Å². The van der Waals surface area contributed by atoms with Crippen molar-refractivity contribution < 1.29 is 0 Å². The van der Waals surface area contributed by atoms with Crippen LogP contribution >= 0.6 is 11.3 Å². The molecular weight excluding hydrogens is 190 g/mol. The molecule has 2 aliphatic rings. The molecular formula is C12H17NS. The summed E-state index contributed by atoms with van der Waals surface area (Å²) >= 11 is 1.97. The van der Waals surface area contributed by atoms with Gasteiger partial charge in [0, 0.05) is 18.0 Å². The molecule has 0 radical (unpaired) electrons. The van der Waals surface area contributed by atoms with E-state index in [1.54, 1.807) is 10.4 Å². The van der Waals surface area contributed by atoms with Gasteiger partial charge in [0.05, 0.1) is 0 Å². The monoisotopic (exact) mass is 207 g/mol. The quantitative estimate of drug-likeness (QED) is 0.684. The van der Waals surface area contributed by atoms with Crippen molar-refractivity contribution in [3.63, 3.8) is 0 Å². The first-order chi connectivity index (χ1) is 6.86. The zero-order valence-corrected chi connectivity index (χ0v) is 9.52. The third kappa shape index (κ3) is 1.32. The normalized spacial score (nSPS) is 31.5. The van der Waals surface area contributed by atoms with Crippen LogP contribution in [0.2, 0.25) is 0 Å². The van der Waals surface area contributed by atoms with E-state index in [4.69, 9.17) is 0 Å². The number of hydrogen-bond donors (Lipinski definition) is 0. The molecule has 2 atom stereocenters. The van der Waals surface area contributed by atoms with E-state index >= 15 is 0 Å². The average molecular weight is 207 g/mol. The van der Waals surface area contributed by atoms with E-state index in [0.717, 1.165) is 11.8 Å². The Morgan fingerprint density at radius 2 is 2.43 bits per heavy atom. The van der Waals surface area contributed by atoms with Crippen LogP contribution in [-0.2, 0) is 6.42 Å². The van der Waals surface area contributed by atoms with Crippen LogP contribution in [-0.4, -0.2) is 24.5 Å². The lowest BCUT2D eigenvalue weighted by atomic mass is 9.77. The average Bonchev–Trinajstić information content (AvgIpc) is 2.65. The number of thiophene rings is 1. The van der Waals surface area contributed by atoms with Gasteiger partial charge < -0.3 is 4.90 Å². The van der Waals surface area contributed by atoms with Crippen molar-refractivity contribution in [1.82, 2.24) is 4.90 Å². The molecule has 1 aliphatic heterocycles. The molecule has 76 valence electrons. The Hall–Kier alpha value is -0.340. The largest absolute Gasteiger partial charge is 0.303 e. The molecule has 14 heavy (non-hydrogen) atoms. The molecule has 1 aromatic heterocycles. The zero-order chi connectivity index (χ0) is 9.54. The lowest BCUT2D eigenvalue weighted by molar-refractivity contribution is 0.153. The van der Waals surface area contributed by atoms with Crippen molar-refractivity contribution >= 4 is 11.3 Å². The molecule has 2 bridgehead atoms. The first-order valence-corrected chi connectivity index (χ1v) is 6.53. The van der Waals surface area contributed by atoms with E-state index < -0.39 is 0 Å². The van der Waals surface area contributed by atoms with Crippen molar-refractivity contribution in [2.45, 2.75) is 25.7 Å². The fraction of sp³-hybridized carbons (Fsp3) is 0.667. The Labute approximate surface area is 89.7 Å². The van der Waals surface area contributed by atoms with Gasteiger partial charge in [0.25, 0.3) is 0 Å². The fourth-order valence-corrected chi connectivity index (χ4v) is 4.16. The highest BCUT2D eigenvalue weighted by Gasteiger charge is 2.33. The molecule has 1 aliphatic carbocycles. The molecule has 2 unspecified atom stereocenters. The van der Waals surface area contributed by atoms with Gasteiger partial charge in [-0.3, -0.25) is 0 Å².